The average molecular weight is 422 g/mol. The molecule has 0 unspecified atom stereocenters. The van der Waals surface area contributed by atoms with Crippen LogP contribution in [0.25, 0.3) is 0 Å². The molecule has 0 aliphatic carbocycles. The van der Waals surface area contributed by atoms with E-state index in [-0.39, 0.29) is 18.4 Å². The molecule has 0 atom stereocenters. The molecule has 0 bridgehead atoms. The molecule has 0 aliphatic heterocycles. The number of carbonyl (C=O) groups excluding carboxylic acids is 2. The fourth-order valence-electron chi connectivity index (χ4n) is 2.78. The molecular weight excluding hydrogens is 398 g/mol. The number of pyridine rings is 1. The molecule has 2 amide bonds. The highest BCUT2D eigenvalue weighted by Gasteiger charge is 2.17. The Hall–Kier alpha value is -3.32. The van der Waals surface area contributed by atoms with Crippen LogP contribution in [0.15, 0.2) is 82.8 Å². The quantitative estimate of drug-likeness (QED) is 0.586. The molecule has 7 heteroatoms. The number of anilines is 1. The number of methoxy groups -OCH3 is 1. The maximum Gasteiger partial charge on any atom is 0.254 e. The zero-order valence-electron chi connectivity index (χ0n) is 16.9. The lowest BCUT2D eigenvalue weighted by molar-refractivity contribution is -0.116. The van der Waals surface area contributed by atoms with Crippen LogP contribution in [0.1, 0.15) is 17.3 Å². The molecule has 0 fully saturated rings. The summed E-state index contributed by atoms with van der Waals surface area (Å²) in [7, 11) is 1.57. The first-order valence-electron chi connectivity index (χ1n) is 9.51. The maximum atomic E-state index is 12.8. The Morgan fingerprint density at radius 1 is 1.07 bits per heavy atom. The van der Waals surface area contributed by atoms with Gasteiger partial charge in [-0.15, -0.1) is 0 Å². The van der Waals surface area contributed by atoms with Crippen molar-refractivity contribution in [2.75, 3.05) is 25.5 Å². The summed E-state index contributed by atoms with van der Waals surface area (Å²) in [5.41, 5.74) is 1.16. The largest absolute Gasteiger partial charge is 0.497 e. The van der Waals surface area contributed by atoms with Gasteiger partial charge in [0.05, 0.1) is 7.11 Å². The van der Waals surface area contributed by atoms with Crippen LogP contribution in [0.4, 0.5) is 5.69 Å². The van der Waals surface area contributed by atoms with Gasteiger partial charge in [0.25, 0.3) is 5.91 Å². The second-order valence-corrected chi connectivity index (χ2v) is 7.49. The fourth-order valence-corrected chi connectivity index (χ4v) is 3.55. The molecule has 154 valence electrons. The third kappa shape index (κ3) is 5.84. The molecule has 0 aliphatic rings. The third-order valence-corrected chi connectivity index (χ3v) is 5.28. The predicted molar refractivity (Wildman–Crippen MR) is 118 cm³/mol. The first-order valence-corrected chi connectivity index (χ1v) is 10.3. The molecule has 0 radical (unpaired) electrons. The van der Waals surface area contributed by atoms with Crippen LogP contribution < -0.4 is 10.1 Å². The van der Waals surface area contributed by atoms with Gasteiger partial charge >= 0.3 is 0 Å². The van der Waals surface area contributed by atoms with E-state index in [1.165, 1.54) is 16.7 Å². The SMILES string of the molecule is CCN(CC(=O)Nc1cccc(OC)c1)C(=O)c1ccc(Sc2ccccn2)cc1. The molecule has 3 aromatic rings. The van der Waals surface area contributed by atoms with Crippen LogP contribution in [-0.2, 0) is 4.79 Å². The third-order valence-electron chi connectivity index (χ3n) is 4.32. The predicted octanol–water partition coefficient (Wildman–Crippen LogP) is 4.34. The number of nitrogens with one attached hydrogen (secondary N) is 1. The molecule has 1 aromatic heterocycles. The lowest BCUT2D eigenvalue weighted by Crippen LogP contribution is -2.37. The van der Waals surface area contributed by atoms with E-state index in [1.54, 1.807) is 49.7 Å². The lowest BCUT2D eigenvalue weighted by Gasteiger charge is -2.20. The second-order valence-electron chi connectivity index (χ2n) is 6.39. The summed E-state index contributed by atoms with van der Waals surface area (Å²) in [6, 6.07) is 20.2. The number of likely N-dealkylation sites (N-methyl/N-ethyl adjacent to an activating group) is 1. The van der Waals surface area contributed by atoms with Crippen LogP contribution in [0.3, 0.4) is 0 Å². The minimum Gasteiger partial charge on any atom is -0.497 e. The highest BCUT2D eigenvalue weighted by atomic mass is 32.2. The molecule has 3 rings (SSSR count). The summed E-state index contributed by atoms with van der Waals surface area (Å²) in [6.07, 6.45) is 1.75. The Morgan fingerprint density at radius 2 is 1.87 bits per heavy atom. The number of carbonyl (C=O) groups is 2. The Labute approximate surface area is 180 Å². The Morgan fingerprint density at radius 3 is 2.53 bits per heavy atom. The topological polar surface area (TPSA) is 71.5 Å². The summed E-state index contributed by atoms with van der Waals surface area (Å²) in [5, 5.41) is 3.69. The van der Waals surface area contributed by atoms with Crippen molar-refractivity contribution >= 4 is 29.3 Å². The van der Waals surface area contributed by atoms with Gasteiger partial charge in [-0.2, -0.15) is 0 Å². The maximum absolute atomic E-state index is 12.8. The second kappa shape index (κ2) is 10.5. The van der Waals surface area contributed by atoms with Crippen molar-refractivity contribution in [3.63, 3.8) is 0 Å². The molecule has 6 nitrogen and oxygen atoms in total. The zero-order chi connectivity index (χ0) is 21.3. The van der Waals surface area contributed by atoms with E-state index in [0.29, 0.717) is 23.5 Å². The highest BCUT2D eigenvalue weighted by Crippen LogP contribution is 2.26. The van der Waals surface area contributed by atoms with Gasteiger partial charge in [0.2, 0.25) is 5.91 Å². The first-order chi connectivity index (χ1) is 14.6. The van der Waals surface area contributed by atoms with E-state index in [4.69, 9.17) is 4.74 Å². The molecule has 0 saturated heterocycles. The number of hydrogen-bond donors (Lipinski definition) is 1. The van der Waals surface area contributed by atoms with Crippen LogP contribution in [0.5, 0.6) is 5.75 Å². The zero-order valence-corrected chi connectivity index (χ0v) is 17.7. The van der Waals surface area contributed by atoms with Gasteiger partial charge in [-0.25, -0.2) is 4.98 Å². The minimum atomic E-state index is -0.263. The normalized spacial score (nSPS) is 10.3. The van der Waals surface area contributed by atoms with Crippen molar-refractivity contribution in [2.45, 2.75) is 16.8 Å². The van der Waals surface area contributed by atoms with Crippen LogP contribution in [0.2, 0.25) is 0 Å². The summed E-state index contributed by atoms with van der Waals surface area (Å²) < 4.78 is 5.16. The van der Waals surface area contributed by atoms with Crippen LogP contribution in [-0.4, -0.2) is 41.9 Å². The van der Waals surface area contributed by atoms with Gasteiger partial charge in [-0.1, -0.05) is 23.9 Å². The molecule has 30 heavy (non-hydrogen) atoms. The van der Waals surface area contributed by atoms with Gasteiger partial charge in [0.1, 0.15) is 17.3 Å². The number of hydrogen-bond acceptors (Lipinski definition) is 5. The van der Waals surface area contributed by atoms with E-state index in [9.17, 15) is 9.59 Å². The molecule has 1 N–H and O–H groups in total. The number of benzene rings is 2. The smallest absolute Gasteiger partial charge is 0.254 e. The Bertz CT molecular complexity index is 994. The number of ether oxygens (including phenoxy) is 1. The van der Waals surface area contributed by atoms with Crippen molar-refractivity contribution < 1.29 is 14.3 Å². The number of amides is 2. The number of aromatic nitrogens is 1. The lowest BCUT2D eigenvalue weighted by atomic mass is 10.2. The van der Waals surface area contributed by atoms with E-state index in [1.807, 2.05) is 37.3 Å². The van der Waals surface area contributed by atoms with E-state index in [2.05, 4.69) is 10.3 Å². The van der Waals surface area contributed by atoms with Crippen molar-refractivity contribution in [1.29, 1.82) is 0 Å². The average Bonchev–Trinajstić information content (AvgIpc) is 2.78. The number of nitrogens with zero attached hydrogens (tertiary/aromatic N) is 2. The van der Waals surface area contributed by atoms with Gasteiger partial charge in [0.15, 0.2) is 0 Å². The number of rotatable bonds is 8. The van der Waals surface area contributed by atoms with Gasteiger partial charge < -0.3 is 15.0 Å². The molecule has 0 spiro atoms. The van der Waals surface area contributed by atoms with E-state index < -0.39 is 0 Å². The van der Waals surface area contributed by atoms with Crippen LogP contribution >= 0.6 is 11.8 Å². The van der Waals surface area contributed by atoms with Gasteiger partial charge in [-0.3, -0.25) is 9.59 Å². The summed E-state index contributed by atoms with van der Waals surface area (Å²) in [5.74, 6) is 0.202. The molecular formula is C23H23N3O3S. The molecule has 2 aromatic carbocycles. The van der Waals surface area contributed by atoms with Crippen molar-refractivity contribution in [3.8, 4) is 5.75 Å². The van der Waals surface area contributed by atoms with Crippen molar-refractivity contribution in [3.05, 3.63) is 78.5 Å². The van der Waals surface area contributed by atoms with Crippen molar-refractivity contribution in [2.24, 2.45) is 0 Å². The molecule has 0 saturated carbocycles. The Balaban J connectivity index is 1.61. The van der Waals surface area contributed by atoms with Crippen LogP contribution in [0, 0.1) is 0 Å². The monoisotopic (exact) mass is 421 g/mol. The Kier molecular flexibility index (Phi) is 7.45. The van der Waals surface area contributed by atoms with E-state index in [0.717, 1.165) is 9.92 Å². The standard InChI is InChI=1S/C23H23N3O3S/c1-3-26(16-21(27)25-18-7-6-8-19(15-18)29-2)23(28)17-10-12-20(13-11-17)30-22-9-4-5-14-24-22/h4-15H,3,16H2,1-2H3,(H,25,27). The van der Waals surface area contributed by atoms with E-state index >= 15 is 0 Å². The highest BCUT2D eigenvalue weighted by molar-refractivity contribution is 7.99. The summed E-state index contributed by atoms with van der Waals surface area (Å²) >= 11 is 1.53. The summed E-state index contributed by atoms with van der Waals surface area (Å²) in [4.78, 5) is 32.0. The molecule has 1 heterocycles. The van der Waals surface area contributed by atoms with Gasteiger partial charge in [0, 0.05) is 35.0 Å². The minimum absolute atomic E-state index is 0.0308. The van der Waals surface area contributed by atoms with Crippen molar-refractivity contribution in [1.82, 2.24) is 9.88 Å². The first kappa shape index (κ1) is 21.4. The fraction of sp³-hybridized carbons (Fsp3) is 0.174. The van der Waals surface area contributed by atoms with Gasteiger partial charge in [-0.05, 0) is 55.5 Å². The summed E-state index contributed by atoms with van der Waals surface area (Å²) in [6.45, 7) is 2.24.